The second-order valence-electron chi connectivity index (χ2n) is 7.29. The minimum absolute atomic E-state index is 0.00588. The molecule has 0 bridgehead atoms. The lowest BCUT2D eigenvalue weighted by Crippen LogP contribution is -2.52. The van der Waals surface area contributed by atoms with Crippen LogP contribution >= 0.6 is 0 Å². The number of aromatic nitrogens is 2. The SMILES string of the molecule is O=C1NCC2(CCCN(C(=O)c3cn[nH]c3C3CCCCC3)C2)O1. The van der Waals surface area contributed by atoms with E-state index in [1.54, 1.807) is 6.20 Å². The van der Waals surface area contributed by atoms with Crippen molar-refractivity contribution >= 4 is 12.0 Å². The lowest BCUT2D eigenvalue weighted by molar-refractivity contribution is -0.00510. The molecular weight excluding hydrogens is 308 g/mol. The van der Waals surface area contributed by atoms with Gasteiger partial charge in [0.1, 0.15) is 5.60 Å². The largest absolute Gasteiger partial charge is 0.439 e. The molecular formula is C17H24N4O3. The third-order valence-electron chi connectivity index (χ3n) is 5.60. The van der Waals surface area contributed by atoms with Gasteiger partial charge in [0.15, 0.2) is 0 Å². The van der Waals surface area contributed by atoms with E-state index in [0.29, 0.717) is 31.1 Å². The molecule has 1 saturated carbocycles. The second kappa shape index (κ2) is 6.11. The van der Waals surface area contributed by atoms with Gasteiger partial charge in [0.2, 0.25) is 0 Å². The topological polar surface area (TPSA) is 87.3 Å². The number of carbonyl (C=O) groups excluding carboxylic acids is 2. The van der Waals surface area contributed by atoms with Gasteiger partial charge in [-0.2, -0.15) is 5.10 Å². The number of aromatic amines is 1. The van der Waals surface area contributed by atoms with Crippen molar-refractivity contribution in [2.24, 2.45) is 0 Å². The maximum atomic E-state index is 13.1. The lowest BCUT2D eigenvalue weighted by Gasteiger charge is -2.38. The molecule has 1 atom stereocenters. The Morgan fingerprint density at radius 2 is 2.12 bits per heavy atom. The van der Waals surface area contributed by atoms with Crippen LogP contribution in [0.3, 0.4) is 0 Å². The first-order chi connectivity index (χ1) is 11.7. The van der Waals surface area contributed by atoms with Gasteiger partial charge in [-0.15, -0.1) is 0 Å². The van der Waals surface area contributed by atoms with Gasteiger partial charge in [0.25, 0.3) is 5.91 Å². The lowest BCUT2D eigenvalue weighted by atomic mass is 9.85. The van der Waals surface area contributed by atoms with Crippen molar-refractivity contribution in [2.45, 2.75) is 56.5 Å². The van der Waals surface area contributed by atoms with Gasteiger partial charge >= 0.3 is 6.09 Å². The molecule has 130 valence electrons. The van der Waals surface area contributed by atoms with Gasteiger partial charge in [-0.25, -0.2) is 4.79 Å². The van der Waals surface area contributed by atoms with Gasteiger partial charge in [0, 0.05) is 12.5 Å². The van der Waals surface area contributed by atoms with E-state index >= 15 is 0 Å². The van der Waals surface area contributed by atoms with Crippen molar-refractivity contribution in [2.75, 3.05) is 19.6 Å². The van der Waals surface area contributed by atoms with Crippen molar-refractivity contribution < 1.29 is 14.3 Å². The Balaban J connectivity index is 1.51. The van der Waals surface area contributed by atoms with E-state index in [2.05, 4.69) is 15.5 Å². The molecule has 0 aromatic carbocycles. The van der Waals surface area contributed by atoms with E-state index in [1.165, 1.54) is 19.3 Å². The summed E-state index contributed by atoms with van der Waals surface area (Å²) >= 11 is 0. The van der Waals surface area contributed by atoms with Gasteiger partial charge in [-0.1, -0.05) is 19.3 Å². The van der Waals surface area contributed by atoms with Crippen LogP contribution in [0.2, 0.25) is 0 Å². The van der Waals surface area contributed by atoms with Crippen LogP contribution in [-0.2, 0) is 4.74 Å². The fourth-order valence-corrected chi connectivity index (χ4v) is 4.34. The fraction of sp³-hybridized carbons (Fsp3) is 0.706. The molecule has 3 heterocycles. The van der Waals surface area contributed by atoms with Gasteiger partial charge < -0.3 is 15.0 Å². The number of carbonyl (C=O) groups is 2. The first kappa shape index (κ1) is 15.5. The highest BCUT2D eigenvalue weighted by atomic mass is 16.6. The highest BCUT2D eigenvalue weighted by Gasteiger charge is 2.45. The van der Waals surface area contributed by atoms with Gasteiger partial charge in [-0.05, 0) is 25.7 Å². The van der Waals surface area contributed by atoms with Crippen molar-refractivity contribution in [1.29, 1.82) is 0 Å². The minimum atomic E-state index is -0.556. The maximum Gasteiger partial charge on any atom is 0.407 e. The maximum absolute atomic E-state index is 13.1. The van der Waals surface area contributed by atoms with Crippen LogP contribution in [0.4, 0.5) is 4.79 Å². The van der Waals surface area contributed by atoms with Crippen LogP contribution < -0.4 is 5.32 Å². The smallest absolute Gasteiger partial charge is 0.407 e. The van der Waals surface area contributed by atoms with Crippen molar-refractivity contribution in [1.82, 2.24) is 20.4 Å². The van der Waals surface area contributed by atoms with Crippen LogP contribution in [0.1, 0.15) is 66.9 Å². The molecule has 2 saturated heterocycles. The molecule has 4 rings (SSSR count). The second-order valence-corrected chi connectivity index (χ2v) is 7.29. The summed E-state index contributed by atoms with van der Waals surface area (Å²) in [5, 5.41) is 9.93. The number of nitrogens with zero attached hydrogens (tertiary/aromatic N) is 2. The summed E-state index contributed by atoms with van der Waals surface area (Å²) in [6.45, 7) is 1.64. The number of alkyl carbamates (subject to hydrolysis) is 1. The Morgan fingerprint density at radius 3 is 2.88 bits per heavy atom. The first-order valence-electron chi connectivity index (χ1n) is 8.96. The summed E-state index contributed by atoms with van der Waals surface area (Å²) in [4.78, 5) is 26.3. The van der Waals surface area contributed by atoms with E-state index in [9.17, 15) is 9.59 Å². The normalized spacial score (nSPS) is 28.0. The van der Waals surface area contributed by atoms with Gasteiger partial charge in [0.05, 0.1) is 30.5 Å². The Hall–Kier alpha value is -2.05. The van der Waals surface area contributed by atoms with Crippen LogP contribution in [-0.4, -0.2) is 52.3 Å². The third-order valence-corrected chi connectivity index (χ3v) is 5.60. The monoisotopic (exact) mass is 332 g/mol. The van der Waals surface area contributed by atoms with E-state index in [0.717, 1.165) is 31.4 Å². The zero-order valence-corrected chi connectivity index (χ0v) is 13.8. The Bertz CT molecular complexity index is 638. The molecule has 0 radical (unpaired) electrons. The standard InChI is InChI=1S/C17H24N4O3/c22-15(13-9-19-20-14(13)12-5-2-1-3-6-12)21-8-4-7-17(11-21)10-18-16(23)24-17/h9,12H,1-8,10-11H2,(H,18,23)(H,19,20). The number of hydrogen-bond donors (Lipinski definition) is 2. The molecule has 3 aliphatic rings. The highest BCUT2D eigenvalue weighted by molar-refractivity contribution is 5.95. The van der Waals surface area contributed by atoms with Crippen LogP contribution in [0.5, 0.6) is 0 Å². The van der Waals surface area contributed by atoms with Crippen molar-refractivity contribution in [3.8, 4) is 0 Å². The Morgan fingerprint density at radius 1 is 1.29 bits per heavy atom. The average Bonchev–Trinajstić information content (AvgIpc) is 3.22. The fourth-order valence-electron chi connectivity index (χ4n) is 4.34. The summed E-state index contributed by atoms with van der Waals surface area (Å²) < 4.78 is 5.47. The molecule has 7 nitrogen and oxygen atoms in total. The Kier molecular flexibility index (Phi) is 3.94. The highest BCUT2D eigenvalue weighted by Crippen LogP contribution is 2.34. The van der Waals surface area contributed by atoms with Crippen molar-refractivity contribution in [3.05, 3.63) is 17.5 Å². The molecule has 3 fully saturated rings. The molecule has 2 amide bonds. The Labute approximate surface area is 141 Å². The summed E-state index contributed by atoms with van der Waals surface area (Å²) in [5.41, 5.74) is 1.12. The predicted octanol–water partition coefficient (Wildman–Crippen LogP) is 2.17. The number of hydrogen-bond acceptors (Lipinski definition) is 4. The van der Waals surface area contributed by atoms with Crippen molar-refractivity contribution in [3.63, 3.8) is 0 Å². The van der Waals surface area contributed by atoms with E-state index in [-0.39, 0.29) is 12.0 Å². The minimum Gasteiger partial charge on any atom is -0.439 e. The summed E-state index contributed by atoms with van der Waals surface area (Å²) in [7, 11) is 0. The summed E-state index contributed by atoms with van der Waals surface area (Å²) in [6, 6.07) is 0. The van der Waals surface area contributed by atoms with E-state index in [4.69, 9.17) is 4.74 Å². The molecule has 1 aliphatic carbocycles. The van der Waals surface area contributed by atoms with E-state index < -0.39 is 5.60 Å². The van der Waals surface area contributed by atoms with Gasteiger partial charge in [-0.3, -0.25) is 9.89 Å². The predicted molar refractivity (Wildman–Crippen MR) is 86.8 cm³/mol. The molecule has 1 spiro atoms. The first-order valence-corrected chi connectivity index (χ1v) is 8.96. The average molecular weight is 332 g/mol. The quantitative estimate of drug-likeness (QED) is 0.869. The number of likely N-dealkylation sites (tertiary alicyclic amines) is 1. The number of H-pyrrole nitrogens is 1. The van der Waals surface area contributed by atoms with Crippen LogP contribution in [0.25, 0.3) is 0 Å². The zero-order chi connectivity index (χ0) is 16.6. The molecule has 7 heteroatoms. The molecule has 2 N–H and O–H groups in total. The van der Waals surface area contributed by atoms with E-state index in [1.807, 2.05) is 4.90 Å². The molecule has 1 aromatic heterocycles. The number of ether oxygens (including phenoxy) is 1. The number of piperidine rings is 1. The zero-order valence-electron chi connectivity index (χ0n) is 13.8. The molecule has 1 unspecified atom stereocenters. The van der Waals surface area contributed by atoms with Crippen LogP contribution in [0, 0.1) is 0 Å². The third kappa shape index (κ3) is 2.76. The number of rotatable bonds is 2. The molecule has 1 aromatic rings. The van der Waals surface area contributed by atoms with Crippen LogP contribution in [0.15, 0.2) is 6.20 Å². The summed E-state index contributed by atoms with van der Waals surface area (Å²) in [6.07, 6.45) is 8.87. The molecule has 2 aliphatic heterocycles. The molecule has 24 heavy (non-hydrogen) atoms. The number of amides is 2. The summed E-state index contributed by atoms with van der Waals surface area (Å²) in [5.74, 6) is 0.413. The number of nitrogens with one attached hydrogen (secondary N) is 2.